The van der Waals surface area contributed by atoms with E-state index in [1.165, 1.54) is 19.3 Å². The molecule has 0 aliphatic heterocycles. The zero-order valence-electron chi connectivity index (χ0n) is 14.3. The topological polar surface area (TPSA) is 29.5 Å². The van der Waals surface area contributed by atoms with Gasteiger partial charge in [-0.15, -0.1) is 0 Å². The number of carbonyl (C=O) groups excluding carboxylic acids is 1. The fourth-order valence-electron chi connectivity index (χ4n) is 3.46. The zero-order chi connectivity index (χ0) is 17.1. The first kappa shape index (κ1) is 17.3. The van der Waals surface area contributed by atoms with Gasteiger partial charge in [0.2, 0.25) is 0 Å². The first-order valence-electron chi connectivity index (χ1n) is 8.67. The molecular formula is C20H24BrNO2. The molecule has 24 heavy (non-hydrogen) atoms. The van der Waals surface area contributed by atoms with Crippen molar-refractivity contribution >= 4 is 32.6 Å². The summed E-state index contributed by atoms with van der Waals surface area (Å²) in [6.45, 7) is 1.84. The third-order valence-electron chi connectivity index (χ3n) is 4.90. The summed E-state index contributed by atoms with van der Waals surface area (Å²) in [6, 6.07) is 12.4. The molecule has 0 saturated heterocycles. The van der Waals surface area contributed by atoms with E-state index in [1.807, 2.05) is 49.2 Å². The maximum absolute atomic E-state index is 12.6. The van der Waals surface area contributed by atoms with Gasteiger partial charge in [0.05, 0.1) is 0 Å². The van der Waals surface area contributed by atoms with Crippen molar-refractivity contribution in [1.29, 1.82) is 0 Å². The lowest BCUT2D eigenvalue weighted by molar-refractivity contribution is -0.139. The van der Waals surface area contributed by atoms with Crippen molar-refractivity contribution in [3.8, 4) is 5.75 Å². The highest BCUT2D eigenvalue weighted by atomic mass is 79.9. The van der Waals surface area contributed by atoms with Gasteiger partial charge in [0.1, 0.15) is 5.75 Å². The average Bonchev–Trinajstić information content (AvgIpc) is 2.61. The van der Waals surface area contributed by atoms with E-state index < -0.39 is 6.10 Å². The second kappa shape index (κ2) is 7.56. The molecule has 1 aliphatic carbocycles. The zero-order valence-corrected chi connectivity index (χ0v) is 15.9. The lowest BCUT2D eigenvalue weighted by atomic mass is 9.94. The van der Waals surface area contributed by atoms with E-state index in [0.29, 0.717) is 6.04 Å². The average molecular weight is 390 g/mol. The molecule has 2 aromatic rings. The molecule has 0 bridgehead atoms. The Balaban J connectivity index is 1.68. The number of likely N-dealkylation sites (N-methyl/N-ethyl adjacent to an activating group) is 1. The predicted octanol–water partition coefficient (Wildman–Crippen LogP) is 5.16. The Morgan fingerprint density at radius 3 is 2.54 bits per heavy atom. The van der Waals surface area contributed by atoms with Crippen molar-refractivity contribution < 1.29 is 9.53 Å². The van der Waals surface area contributed by atoms with Gasteiger partial charge in [-0.3, -0.25) is 4.79 Å². The lowest BCUT2D eigenvalue weighted by Gasteiger charge is -2.32. The highest BCUT2D eigenvalue weighted by molar-refractivity contribution is 9.10. The number of fused-ring (bicyclic) bond motifs is 1. The Hall–Kier alpha value is -1.55. The van der Waals surface area contributed by atoms with E-state index in [-0.39, 0.29) is 5.91 Å². The van der Waals surface area contributed by atoms with Crippen molar-refractivity contribution in [3.05, 3.63) is 40.9 Å². The van der Waals surface area contributed by atoms with Crippen LogP contribution in [-0.2, 0) is 4.79 Å². The minimum absolute atomic E-state index is 0.0674. The Morgan fingerprint density at radius 1 is 1.12 bits per heavy atom. The number of halogens is 1. The van der Waals surface area contributed by atoms with Gasteiger partial charge in [0.15, 0.2) is 6.10 Å². The Kier molecular flexibility index (Phi) is 5.44. The molecule has 1 atom stereocenters. The van der Waals surface area contributed by atoms with Crippen LogP contribution in [0.4, 0.5) is 0 Å². The molecule has 3 rings (SSSR count). The molecule has 4 heteroatoms. The molecule has 1 fully saturated rings. The number of nitrogens with zero attached hydrogens (tertiary/aromatic N) is 1. The SMILES string of the molecule is C[C@@H](Oc1ccc2cc(Br)ccc2c1)C(=O)N(C)C1CCCCC1. The summed E-state index contributed by atoms with van der Waals surface area (Å²) in [4.78, 5) is 14.5. The number of ether oxygens (including phenoxy) is 1. The van der Waals surface area contributed by atoms with Crippen LogP contribution < -0.4 is 4.74 Å². The molecule has 0 heterocycles. The number of carbonyl (C=O) groups is 1. The smallest absolute Gasteiger partial charge is 0.263 e. The standard InChI is InChI=1S/C20H24BrNO2/c1-14(20(23)22(2)18-6-4-3-5-7-18)24-19-11-9-15-12-17(21)10-8-16(15)13-19/h8-14,18H,3-7H2,1-2H3/t14-/m1/s1. The summed E-state index contributed by atoms with van der Waals surface area (Å²) >= 11 is 3.48. The predicted molar refractivity (Wildman–Crippen MR) is 101 cm³/mol. The molecule has 0 N–H and O–H groups in total. The van der Waals surface area contributed by atoms with Crippen LogP contribution in [0.5, 0.6) is 5.75 Å². The van der Waals surface area contributed by atoms with Crippen LogP contribution >= 0.6 is 15.9 Å². The number of hydrogen-bond acceptors (Lipinski definition) is 2. The molecule has 0 unspecified atom stereocenters. The van der Waals surface area contributed by atoms with E-state index in [1.54, 1.807) is 0 Å². The van der Waals surface area contributed by atoms with Gasteiger partial charge in [-0.25, -0.2) is 0 Å². The summed E-state index contributed by atoms with van der Waals surface area (Å²) < 4.78 is 6.98. The Bertz CT molecular complexity index is 725. The van der Waals surface area contributed by atoms with Gasteiger partial charge in [0.25, 0.3) is 5.91 Å². The highest BCUT2D eigenvalue weighted by Crippen LogP contribution is 2.26. The molecule has 1 amide bonds. The normalized spacial score (nSPS) is 16.8. The lowest BCUT2D eigenvalue weighted by Crippen LogP contribution is -2.44. The van der Waals surface area contributed by atoms with E-state index in [4.69, 9.17) is 4.74 Å². The maximum atomic E-state index is 12.6. The van der Waals surface area contributed by atoms with Crippen LogP contribution in [0.25, 0.3) is 10.8 Å². The molecule has 3 nitrogen and oxygen atoms in total. The van der Waals surface area contributed by atoms with Crippen molar-refractivity contribution in [1.82, 2.24) is 4.90 Å². The van der Waals surface area contributed by atoms with E-state index >= 15 is 0 Å². The summed E-state index contributed by atoms with van der Waals surface area (Å²) in [5.41, 5.74) is 0. The minimum atomic E-state index is -0.468. The van der Waals surface area contributed by atoms with Gasteiger partial charge in [0, 0.05) is 17.6 Å². The number of benzene rings is 2. The fraction of sp³-hybridized carbons (Fsp3) is 0.450. The fourth-order valence-corrected chi connectivity index (χ4v) is 3.84. The van der Waals surface area contributed by atoms with Crippen molar-refractivity contribution in [2.75, 3.05) is 7.05 Å². The van der Waals surface area contributed by atoms with Crippen molar-refractivity contribution in [2.45, 2.75) is 51.2 Å². The molecular weight excluding hydrogens is 366 g/mol. The Morgan fingerprint density at radius 2 is 1.79 bits per heavy atom. The molecule has 1 saturated carbocycles. The van der Waals surface area contributed by atoms with Gasteiger partial charge in [-0.05, 0) is 54.8 Å². The third kappa shape index (κ3) is 3.92. The number of rotatable bonds is 4. The highest BCUT2D eigenvalue weighted by Gasteiger charge is 2.26. The molecule has 0 aromatic heterocycles. The molecule has 2 aromatic carbocycles. The van der Waals surface area contributed by atoms with Gasteiger partial charge in [-0.2, -0.15) is 0 Å². The van der Waals surface area contributed by atoms with Gasteiger partial charge in [-0.1, -0.05) is 47.3 Å². The molecule has 0 radical (unpaired) electrons. The number of hydrogen-bond donors (Lipinski definition) is 0. The number of amides is 1. The summed E-state index contributed by atoms with van der Waals surface area (Å²) in [5, 5.41) is 2.26. The second-order valence-corrected chi connectivity index (χ2v) is 7.57. The summed E-state index contributed by atoms with van der Waals surface area (Å²) in [5.74, 6) is 0.806. The van der Waals surface area contributed by atoms with E-state index in [0.717, 1.165) is 33.8 Å². The molecule has 0 spiro atoms. The summed E-state index contributed by atoms with van der Waals surface area (Å²) in [7, 11) is 1.91. The first-order chi connectivity index (χ1) is 11.5. The summed E-state index contributed by atoms with van der Waals surface area (Å²) in [6.07, 6.45) is 5.48. The van der Waals surface area contributed by atoms with Crippen LogP contribution in [0.15, 0.2) is 40.9 Å². The van der Waals surface area contributed by atoms with Crippen LogP contribution in [0.2, 0.25) is 0 Å². The van der Waals surface area contributed by atoms with Crippen LogP contribution in [-0.4, -0.2) is 30.0 Å². The van der Waals surface area contributed by atoms with Crippen LogP contribution in [0.1, 0.15) is 39.0 Å². The first-order valence-corrected chi connectivity index (χ1v) is 9.46. The van der Waals surface area contributed by atoms with Crippen LogP contribution in [0.3, 0.4) is 0 Å². The maximum Gasteiger partial charge on any atom is 0.263 e. The van der Waals surface area contributed by atoms with Crippen molar-refractivity contribution in [3.63, 3.8) is 0 Å². The monoisotopic (exact) mass is 389 g/mol. The third-order valence-corrected chi connectivity index (χ3v) is 5.40. The van der Waals surface area contributed by atoms with Gasteiger partial charge < -0.3 is 9.64 Å². The molecule has 1 aliphatic rings. The van der Waals surface area contributed by atoms with E-state index in [9.17, 15) is 4.79 Å². The van der Waals surface area contributed by atoms with E-state index in [2.05, 4.69) is 22.0 Å². The Labute approximate surface area is 152 Å². The van der Waals surface area contributed by atoms with Crippen molar-refractivity contribution in [2.24, 2.45) is 0 Å². The van der Waals surface area contributed by atoms with Gasteiger partial charge >= 0.3 is 0 Å². The minimum Gasteiger partial charge on any atom is -0.481 e. The quantitative estimate of drug-likeness (QED) is 0.722. The second-order valence-electron chi connectivity index (χ2n) is 6.65. The van der Waals surface area contributed by atoms with Crippen LogP contribution in [0, 0.1) is 0 Å². The largest absolute Gasteiger partial charge is 0.481 e. The molecule has 128 valence electrons.